The van der Waals surface area contributed by atoms with Gasteiger partial charge in [0.15, 0.2) is 5.75 Å². The molecule has 0 saturated heterocycles. The minimum atomic E-state index is -0.464. The molecule has 1 unspecified atom stereocenters. The summed E-state index contributed by atoms with van der Waals surface area (Å²) in [6.07, 6.45) is 2.76. The second-order valence-corrected chi connectivity index (χ2v) is 3.80. The van der Waals surface area contributed by atoms with Gasteiger partial charge in [-0.05, 0) is 31.2 Å². The quantitative estimate of drug-likeness (QED) is 0.885. The zero-order valence-corrected chi connectivity index (χ0v) is 9.38. The Morgan fingerprint density at radius 1 is 1.35 bits per heavy atom. The Balaban J connectivity index is 2.03. The molecule has 0 spiro atoms. The van der Waals surface area contributed by atoms with Crippen LogP contribution >= 0.6 is 0 Å². The Morgan fingerprint density at radius 2 is 2.06 bits per heavy atom. The highest BCUT2D eigenvalue weighted by atomic mass is 19.1. The fraction of sp³-hybridized carbons (Fsp3) is 0.250. The fourth-order valence-electron chi connectivity index (χ4n) is 1.41. The molecular weight excluding hydrogens is 223 g/mol. The maximum atomic E-state index is 12.7. The fourth-order valence-corrected chi connectivity index (χ4v) is 1.41. The summed E-state index contributed by atoms with van der Waals surface area (Å²) in [7, 11) is 0. The Labute approximate surface area is 98.3 Å². The largest absolute Gasteiger partial charge is 0.454 e. The van der Waals surface area contributed by atoms with E-state index in [-0.39, 0.29) is 5.82 Å². The number of aromatic nitrogens is 2. The molecule has 0 fully saturated rings. The molecule has 1 atom stereocenters. The summed E-state index contributed by atoms with van der Waals surface area (Å²) in [5, 5.41) is 13.2. The van der Waals surface area contributed by atoms with E-state index in [0.29, 0.717) is 18.0 Å². The first-order chi connectivity index (χ1) is 8.13. The summed E-state index contributed by atoms with van der Waals surface area (Å²) < 4.78 is 19.7. The first kappa shape index (κ1) is 11.6. The lowest BCUT2D eigenvalue weighted by Crippen LogP contribution is -2.11. The second-order valence-electron chi connectivity index (χ2n) is 3.80. The van der Waals surface area contributed by atoms with Crippen molar-refractivity contribution in [3.05, 3.63) is 42.5 Å². The van der Waals surface area contributed by atoms with E-state index < -0.39 is 6.10 Å². The van der Waals surface area contributed by atoms with Gasteiger partial charge in [0.05, 0.1) is 25.0 Å². The monoisotopic (exact) mass is 236 g/mol. The van der Waals surface area contributed by atoms with Crippen LogP contribution < -0.4 is 4.74 Å². The minimum Gasteiger partial charge on any atom is -0.454 e. The molecule has 0 aliphatic carbocycles. The lowest BCUT2D eigenvalue weighted by Gasteiger charge is -2.03. The summed E-state index contributed by atoms with van der Waals surface area (Å²) in [4.78, 5) is 0. The van der Waals surface area contributed by atoms with Crippen LogP contribution in [0.5, 0.6) is 11.5 Å². The van der Waals surface area contributed by atoms with Crippen LogP contribution in [0.2, 0.25) is 0 Å². The van der Waals surface area contributed by atoms with Gasteiger partial charge in [-0.1, -0.05) is 0 Å². The molecular formula is C12H13FN2O2. The minimum absolute atomic E-state index is 0.304. The van der Waals surface area contributed by atoms with Crippen LogP contribution in [0.1, 0.15) is 6.92 Å². The van der Waals surface area contributed by atoms with Gasteiger partial charge in [-0.25, -0.2) is 4.39 Å². The van der Waals surface area contributed by atoms with Crippen molar-refractivity contribution >= 4 is 0 Å². The molecule has 0 amide bonds. The predicted molar refractivity (Wildman–Crippen MR) is 60.4 cm³/mol. The van der Waals surface area contributed by atoms with Crippen LogP contribution in [-0.4, -0.2) is 21.0 Å². The van der Waals surface area contributed by atoms with Crippen molar-refractivity contribution in [1.29, 1.82) is 0 Å². The smallest absolute Gasteiger partial charge is 0.165 e. The number of halogens is 1. The Morgan fingerprint density at radius 3 is 2.71 bits per heavy atom. The number of nitrogens with zero attached hydrogens (tertiary/aromatic N) is 2. The molecule has 17 heavy (non-hydrogen) atoms. The predicted octanol–water partition coefficient (Wildman–Crippen LogP) is 2.20. The van der Waals surface area contributed by atoms with Crippen molar-refractivity contribution in [2.24, 2.45) is 0 Å². The molecule has 2 aromatic rings. The molecule has 1 heterocycles. The summed E-state index contributed by atoms with van der Waals surface area (Å²) in [5.74, 6) is 0.794. The van der Waals surface area contributed by atoms with E-state index in [2.05, 4.69) is 5.10 Å². The first-order valence-electron chi connectivity index (χ1n) is 5.27. The van der Waals surface area contributed by atoms with E-state index in [1.807, 2.05) is 0 Å². The van der Waals surface area contributed by atoms with Crippen molar-refractivity contribution in [1.82, 2.24) is 9.78 Å². The van der Waals surface area contributed by atoms with Crippen LogP contribution in [0.3, 0.4) is 0 Å². The second kappa shape index (κ2) is 4.97. The van der Waals surface area contributed by atoms with Crippen molar-refractivity contribution in [2.45, 2.75) is 19.6 Å². The number of aliphatic hydroxyl groups is 1. The van der Waals surface area contributed by atoms with Gasteiger partial charge in [-0.2, -0.15) is 5.10 Å². The van der Waals surface area contributed by atoms with Crippen molar-refractivity contribution in [3.8, 4) is 11.5 Å². The normalized spacial score (nSPS) is 12.4. The molecule has 1 N–H and O–H groups in total. The number of hydrogen-bond acceptors (Lipinski definition) is 3. The van der Waals surface area contributed by atoms with Gasteiger partial charge in [-0.3, -0.25) is 4.68 Å². The third-order valence-corrected chi connectivity index (χ3v) is 2.11. The molecule has 0 radical (unpaired) electrons. The van der Waals surface area contributed by atoms with Crippen LogP contribution in [0.15, 0.2) is 36.7 Å². The molecule has 5 heteroatoms. The zero-order chi connectivity index (χ0) is 12.3. The molecule has 1 aromatic heterocycles. The van der Waals surface area contributed by atoms with E-state index in [0.717, 1.165) is 0 Å². The average Bonchev–Trinajstić information content (AvgIpc) is 2.68. The molecule has 0 saturated carbocycles. The Hall–Kier alpha value is -1.88. The van der Waals surface area contributed by atoms with Gasteiger partial charge in [-0.15, -0.1) is 0 Å². The third-order valence-electron chi connectivity index (χ3n) is 2.11. The van der Waals surface area contributed by atoms with Gasteiger partial charge in [0.1, 0.15) is 11.6 Å². The van der Waals surface area contributed by atoms with Crippen molar-refractivity contribution in [2.75, 3.05) is 0 Å². The Bertz CT molecular complexity index is 480. The number of hydrogen-bond donors (Lipinski definition) is 1. The molecule has 0 aliphatic heterocycles. The van der Waals surface area contributed by atoms with Crippen LogP contribution in [-0.2, 0) is 6.54 Å². The van der Waals surface area contributed by atoms with E-state index in [9.17, 15) is 9.50 Å². The number of benzene rings is 1. The summed E-state index contributed by atoms with van der Waals surface area (Å²) >= 11 is 0. The maximum absolute atomic E-state index is 12.7. The highest BCUT2D eigenvalue weighted by Crippen LogP contribution is 2.20. The summed E-state index contributed by atoms with van der Waals surface area (Å²) in [6, 6.07) is 5.74. The van der Waals surface area contributed by atoms with Gasteiger partial charge < -0.3 is 9.84 Å². The molecule has 0 bridgehead atoms. The lowest BCUT2D eigenvalue weighted by molar-refractivity contribution is 0.168. The number of ether oxygens (including phenoxy) is 1. The first-order valence-corrected chi connectivity index (χ1v) is 5.27. The molecule has 4 nitrogen and oxygen atoms in total. The van der Waals surface area contributed by atoms with Crippen LogP contribution in [0.4, 0.5) is 4.39 Å². The third kappa shape index (κ3) is 3.29. The number of rotatable bonds is 4. The Kier molecular flexibility index (Phi) is 3.39. The number of aliphatic hydroxyl groups excluding tert-OH is 1. The highest BCUT2D eigenvalue weighted by molar-refractivity contribution is 5.28. The topological polar surface area (TPSA) is 47.3 Å². The lowest BCUT2D eigenvalue weighted by atomic mass is 10.3. The van der Waals surface area contributed by atoms with E-state index in [1.165, 1.54) is 12.1 Å². The van der Waals surface area contributed by atoms with Gasteiger partial charge in [0, 0.05) is 0 Å². The molecule has 90 valence electrons. The molecule has 1 aromatic carbocycles. The van der Waals surface area contributed by atoms with E-state index in [1.54, 1.807) is 36.1 Å². The molecule has 0 aliphatic rings. The van der Waals surface area contributed by atoms with E-state index >= 15 is 0 Å². The molecule has 2 rings (SSSR count). The van der Waals surface area contributed by atoms with Gasteiger partial charge in [0.25, 0.3) is 0 Å². The van der Waals surface area contributed by atoms with Crippen LogP contribution in [0, 0.1) is 5.82 Å². The highest BCUT2D eigenvalue weighted by Gasteiger charge is 2.03. The maximum Gasteiger partial charge on any atom is 0.165 e. The van der Waals surface area contributed by atoms with Crippen molar-refractivity contribution in [3.63, 3.8) is 0 Å². The standard InChI is InChI=1S/C12H13FN2O2/c1-9(16)7-15-8-12(6-14-15)17-11-4-2-10(13)3-5-11/h2-6,8-9,16H,7H2,1H3. The van der Waals surface area contributed by atoms with Gasteiger partial charge in [0.2, 0.25) is 0 Å². The zero-order valence-electron chi connectivity index (χ0n) is 9.38. The average molecular weight is 236 g/mol. The van der Waals surface area contributed by atoms with Gasteiger partial charge >= 0.3 is 0 Å². The summed E-state index contributed by atoms with van der Waals surface area (Å²) in [5.41, 5.74) is 0. The SMILES string of the molecule is CC(O)Cn1cc(Oc2ccc(F)cc2)cn1. The summed E-state index contributed by atoms with van der Waals surface area (Å²) in [6.45, 7) is 2.09. The van der Waals surface area contributed by atoms with Crippen molar-refractivity contribution < 1.29 is 14.2 Å². The van der Waals surface area contributed by atoms with E-state index in [4.69, 9.17) is 4.74 Å². The van der Waals surface area contributed by atoms with Crippen LogP contribution in [0.25, 0.3) is 0 Å².